The second-order valence-corrected chi connectivity index (χ2v) is 4.63. The van der Waals surface area contributed by atoms with Gasteiger partial charge in [0.2, 0.25) is 5.91 Å². The lowest BCUT2D eigenvalue weighted by Crippen LogP contribution is -2.34. The lowest BCUT2D eigenvalue weighted by atomic mass is 10.00. The zero-order chi connectivity index (χ0) is 13.3. The van der Waals surface area contributed by atoms with E-state index in [9.17, 15) is 4.79 Å². The summed E-state index contributed by atoms with van der Waals surface area (Å²) in [6.07, 6.45) is 0. The Morgan fingerprint density at radius 1 is 1.33 bits per heavy atom. The molecule has 1 amide bonds. The molecule has 1 aromatic carbocycles. The first-order valence-electron chi connectivity index (χ1n) is 6.32. The van der Waals surface area contributed by atoms with Crippen LogP contribution in [0.25, 0.3) is 0 Å². The number of rotatable bonds is 4. The van der Waals surface area contributed by atoms with Crippen LogP contribution in [0.1, 0.15) is 29.7 Å². The molecule has 2 rings (SSSR count). The monoisotopic (exact) mass is 248 g/mol. The van der Waals surface area contributed by atoms with Gasteiger partial charge in [0.15, 0.2) is 0 Å². The van der Waals surface area contributed by atoms with Gasteiger partial charge >= 0.3 is 0 Å². The molecule has 0 radical (unpaired) electrons. The number of ether oxygens (including phenoxy) is 1. The highest BCUT2D eigenvalue weighted by atomic mass is 16.5. The summed E-state index contributed by atoms with van der Waals surface area (Å²) in [7, 11) is 0. The Morgan fingerprint density at radius 3 is 2.67 bits per heavy atom. The largest absolute Gasteiger partial charge is 0.380 e. The first-order chi connectivity index (χ1) is 8.57. The molecule has 18 heavy (non-hydrogen) atoms. The zero-order valence-corrected chi connectivity index (χ0v) is 11.2. The van der Waals surface area contributed by atoms with E-state index in [0.29, 0.717) is 19.8 Å². The van der Waals surface area contributed by atoms with Crippen LogP contribution < -0.4 is 10.6 Å². The minimum absolute atomic E-state index is 0.0258. The lowest BCUT2D eigenvalue weighted by Gasteiger charge is -2.19. The van der Waals surface area contributed by atoms with E-state index in [0.717, 1.165) is 22.4 Å². The molecule has 0 aromatic heterocycles. The first kappa shape index (κ1) is 13.1. The van der Waals surface area contributed by atoms with Crippen molar-refractivity contribution < 1.29 is 9.53 Å². The van der Waals surface area contributed by atoms with Gasteiger partial charge in [-0.1, -0.05) is 12.1 Å². The molecule has 1 aliphatic rings. The standard InChI is InChI=1S/C14H20N2O2/c1-4-18-8-7-16-13-10(3)6-5-9(2)11(13)12(15)14(16)17/h5-6,12H,4,7-8,15H2,1-3H3. The van der Waals surface area contributed by atoms with E-state index in [4.69, 9.17) is 10.5 Å². The molecule has 1 unspecified atom stereocenters. The molecule has 1 aliphatic heterocycles. The third-order valence-electron chi connectivity index (χ3n) is 3.41. The van der Waals surface area contributed by atoms with Crippen molar-refractivity contribution >= 4 is 11.6 Å². The number of nitrogens with two attached hydrogens (primary N) is 1. The van der Waals surface area contributed by atoms with Gasteiger partial charge in [-0.2, -0.15) is 0 Å². The first-order valence-corrected chi connectivity index (χ1v) is 6.32. The van der Waals surface area contributed by atoms with E-state index in [-0.39, 0.29) is 5.91 Å². The number of nitrogens with zero attached hydrogens (tertiary/aromatic N) is 1. The van der Waals surface area contributed by atoms with Gasteiger partial charge in [0.05, 0.1) is 12.3 Å². The summed E-state index contributed by atoms with van der Waals surface area (Å²) < 4.78 is 5.33. The van der Waals surface area contributed by atoms with Crippen LogP contribution in [0.2, 0.25) is 0 Å². The van der Waals surface area contributed by atoms with Crippen LogP contribution >= 0.6 is 0 Å². The molecule has 2 N–H and O–H groups in total. The van der Waals surface area contributed by atoms with E-state index in [1.807, 2.05) is 32.9 Å². The average molecular weight is 248 g/mol. The molecule has 0 saturated heterocycles. The summed E-state index contributed by atoms with van der Waals surface area (Å²) in [4.78, 5) is 14.0. The summed E-state index contributed by atoms with van der Waals surface area (Å²) in [6.45, 7) is 7.73. The maximum absolute atomic E-state index is 12.2. The fourth-order valence-electron chi connectivity index (χ4n) is 2.49. The Kier molecular flexibility index (Phi) is 3.68. The molecule has 4 nitrogen and oxygen atoms in total. The van der Waals surface area contributed by atoms with E-state index >= 15 is 0 Å². The van der Waals surface area contributed by atoms with Crippen molar-refractivity contribution in [2.45, 2.75) is 26.8 Å². The molecule has 0 saturated carbocycles. The number of carbonyl (C=O) groups is 1. The van der Waals surface area contributed by atoms with Gasteiger partial charge in [-0.25, -0.2) is 0 Å². The molecule has 0 fully saturated rings. The van der Waals surface area contributed by atoms with E-state index < -0.39 is 6.04 Å². The molecule has 4 heteroatoms. The van der Waals surface area contributed by atoms with Crippen LogP contribution in [-0.4, -0.2) is 25.7 Å². The summed E-state index contributed by atoms with van der Waals surface area (Å²) in [5.41, 5.74) is 10.1. The van der Waals surface area contributed by atoms with Gasteiger partial charge in [0.25, 0.3) is 0 Å². The van der Waals surface area contributed by atoms with Gasteiger partial charge in [0, 0.05) is 18.7 Å². The normalized spacial score (nSPS) is 18.3. The molecule has 98 valence electrons. The average Bonchev–Trinajstić information content (AvgIpc) is 2.60. The van der Waals surface area contributed by atoms with Crippen LogP contribution in [0.3, 0.4) is 0 Å². The predicted octanol–water partition coefficient (Wildman–Crippen LogP) is 1.69. The van der Waals surface area contributed by atoms with Crippen LogP contribution in [0.4, 0.5) is 5.69 Å². The van der Waals surface area contributed by atoms with Crippen LogP contribution in [0.15, 0.2) is 12.1 Å². The number of aryl methyl sites for hydroxylation is 2. The third-order valence-corrected chi connectivity index (χ3v) is 3.41. The number of hydrogen-bond donors (Lipinski definition) is 1. The minimum atomic E-state index is -0.526. The molecule has 0 aliphatic carbocycles. The van der Waals surface area contributed by atoms with Gasteiger partial charge < -0.3 is 15.4 Å². The lowest BCUT2D eigenvalue weighted by molar-refractivity contribution is -0.119. The number of amides is 1. The van der Waals surface area contributed by atoms with Crippen molar-refractivity contribution in [3.05, 3.63) is 28.8 Å². The highest BCUT2D eigenvalue weighted by Crippen LogP contribution is 2.39. The predicted molar refractivity (Wildman–Crippen MR) is 71.7 cm³/mol. The van der Waals surface area contributed by atoms with Crippen molar-refractivity contribution in [2.75, 3.05) is 24.7 Å². The molecule has 0 bridgehead atoms. The second kappa shape index (κ2) is 5.08. The van der Waals surface area contributed by atoms with Crippen LogP contribution in [0.5, 0.6) is 0 Å². The summed E-state index contributed by atoms with van der Waals surface area (Å²) in [5, 5.41) is 0. The zero-order valence-electron chi connectivity index (χ0n) is 11.2. The SMILES string of the molecule is CCOCCN1C(=O)C(N)c2c(C)ccc(C)c21. The van der Waals surface area contributed by atoms with Crippen LogP contribution in [-0.2, 0) is 9.53 Å². The number of carbonyl (C=O) groups excluding carboxylic acids is 1. The highest BCUT2D eigenvalue weighted by Gasteiger charge is 2.36. The Labute approximate surface area is 108 Å². The summed E-state index contributed by atoms with van der Waals surface area (Å²) >= 11 is 0. The fourth-order valence-corrected chi connectivity index (χ4v) is 2.49. The Bertz CT molecular complexity index is 471. The fraction of sp³-hybridized carbons (Fsp3) is 0.500. The number of hydrogen-bond acceptors (Lipinski definition) is 3. The Morgan fingerprint density at radius 2 is 2.00 bits per heavy atom. The molecule has 1 aromatic rings. The van der Waals surface area contributed by atoms with Crippen molar-refractivity contribution in [3.63, 3.8) is 0 Å². The van der Waals surface area contributed by atoms with Gasteiger partial charge in [0.1, 0.15) is 6.04 Å². The van der Waals surface area contributed by atoms with Crippen molar-refractivity contribution in [3.8, 4) is 0 Å². The number of benzene rings is 1. The minimum Gasteiger partial charge on any atom is -0.380 e. The third kappa shape index (κ3) is 2.02. The number of anilines is 1. The van der Waals surface area contributed by atoms with Crippen LogP contribution in [0, 0.1) is 13.8 Å². The van der Waals surface area contributed by atoms with Gasteiger partial charge in [-0.15, -0.1) is 0 Å². The quantitative estimate of drug-likeness (QED) is 0.825. The Hall–Kier alpha value is -1.39. The highest BCUT2D eigenvalue weighted by molar-refractivity contribution is 6.05. The van der Waals surface area contributed by atoms with E-state index in [2.05, 4.69) is 0 Å². The maximum atomic E-state index is 12.2. The van der Waals surface area contributed by atoms with Crippen molar-refractivity contribution in [1.82, 2.24) is 0 Å². The molecule has 1 heterocycles. The topological polar surface area (TPSA) is 55.6 Å². The van der Waals surface area contributed by atoms with Gasteiger partial charge in [-0.3, -0.25) is 4.79 Å². The summed E-state index contributed by atoms with van der Waals surface area (Å²) in [6, 6.07) is 3.53. The van der Waals surface area contributed by atoms with E-state index in [1.54, 1.807) is 4.90 Å². The Balaban J connectivity index is 2.35. The molecule has 1 atom stereocenters. The maximum Gasteiger partial charge on any atom is 0.248 e. The number of fused-ring (bicyclic) bond motifs is 1. The molecular formula is C14H20N2O2. The molecule has 0 spiro atoms. The second-order valence-electron chi connectivity index (χ2n) is 4.63. The van der Waals surface area contributed by atoms with Crippen molar-refractivity contribution in [1.29, 1.82) is 0 Å². The molecular weight excluding hydrogens is 228 g/mol. The summed E-state index contributed by atoms with van der Waals surface area (Å²) in [5.74, 6) is -0.0258. The van der Waals surface area contributed by atoms with E-state index in [1.165, 1.54) is 0 Å². The smallest absolute Gasteiger partial charge is 0.248 e. The van der Waals surface area contributed by atoms with Gasteiger partial charge in [-0.05, 0) is 31.9 Å². The van der Waals surface area contributed by atoms with Crippen molar-refractivity contribution in [2.24, 2.45) is 5.73 Å².